The Morgan fingerprint density at radius 2 is 2.09 bits per heavy atom. The van der Waals surface area contributed by atoms with E-state index < -0.39 is 5.82 Å². The molecule has 0 unspecified atom stereocenters. The van der Waals surface area contributed by atoms with Crippen LogP contribution in [-0.2, 0) is 13.0 Å². The molecule has 1 aromatic carbocycles. The van der Waals surface area contributed by atoms with Gasteiger partial charge in [0.2, 0.25) is 0 Å². The Labute approximate surface area is 191 Å². The van der Waals surface area contributed by atoms with Crippen LogP contribution in [-0.4, -0.2) is 28.7 Å². The van der Waals surface area contributed by atoms with Crippen LogP contribution >= 0.6 is 11.6 Å². The first-order valence-electron chi connectivity index (χ1n) is 10.3. The minimum atomic E-state index is -0.618. The second kappa shape index (κ2) is 10.5. The molecule has 32 heavy (non-hydrogen) atoms. The number of hydrogen-bond acceptors (Lipinski definition) is 6. The van der Waals surface area contributed by atoms with Gasteiger partial charge in [-0.15, -0.1) is 0 Å². The number of hydrogen-bond donors (Lipinski definition) is 3. The monoisotopic (exact) mass is 458 g/mol. The van der Waals surface area contributed by atoms with Gasteiger partial charge in [-0.1, -0.05) is 23.7 Å². The SMILES string of the molecule is CC(=N)/C=C(\N)Nc1cc(C#N)c(F)c(CC2CCN(Cc3cccc(Cl)c3F)CC2)n1. The van der Waals surface area contributed by atoms with Crippen molar-refractivity contribution < 1.29 is 8.78 Å². The maximum Gasteiger partial charge on any atom is 0.162 e. The predicted molar refractivity (Wildman–Crippen MR) is 121 cm³/mol. The lowest BCUT2D eigenvalue weighted by atomic mass is 9.91. The lowest BCUT2D eigenvalue weighted by Gasteiger charge is -2.32. The number of benzene rings is 1. The number of likely N-dealkylation sites (tertiary alicyclic amines) is 1. The molecule has 9 heteroatoms. The molecule has 1 fully saturated rings. The molecule has 1 saturated heterocycles. The van der Waals surface area contributed by atoms with Gasteiger partial charge < -0.3 is 16.5 Å². The molecule has 6 nitrogen and oxygen atoms in total. The average Bonchev–Trinajstić information content (AvgIpc) is 2.74. The third-order valence-electron chi connectivity index (χ3n) is 5.41. The molecule has 0 amide bonds. The average molecular weight is 459 g/mol. The van der Waals surface area contributed by atoms with Gasteiger partial charge in [-0.2, -0.15) is 5.26 Å². The summed E-state index contributed by atoms with van der Waals surface area (Å²) in [7, 11) is 0. The molecule has 1 aliphatic heterocycles. The van der Waals surface area contributed by atoms with E-state index in [0.29, 0.717) is 18.5 Å². The molecule has 0 bridgehead atoms. The molecule has 4 N–H and O–H groups in total. The molecule has 3 rings (SSSR count). The van der Waals surface area contributed by atoms with E-state index in [9.17, 15) is 14.0 Å². The quantitative estimate of drug-likeness (QED) is 0.526. The van der Waals surface area contributed by atoms with Gasteiger partial charge in [0.15, 0.2) is 5.82 Å². The number of pyridine rings is 1. The zero-order valence-electron chi connectivity index (χ0n) is 17.8. The highest BCUT2D eigenvalue weighted by molar-refractivity contribution is 6.30. The summed E-state index contributed by atoms with van der Waals surface area (Å²) in [6, 6.07) is 8.16. The van der Waals surface area contributed by atoms with Crippen molar-refractivity contribution in [1.82, 2.24) is 9.88 Å². The largest absolute Gasteiger partial charge is 0.385 e. The number of aromatic nitrogens is 1. The maximum absolute atomic E-state index is 14.7. The molecule has 168 valence electrons. The van der Waals surface area contributed by atoms with Crippen molar-refractivity contribution in [3.8, 4) is 6.07 Å². The van der Waals surface area contributed by atoms with Crippen molar-refractivity contribution >= 4 is 23.1 Å². The van der Waals surface area contributed by atoms with Crippen LogP contribution in [0.15, 0.2) is 36.2 Å². The van der Waals surface area contributed by atoms with E-state index in [4.69, 9.17) is 22.7 Å². The van der Waals surface area contributed by atoms with E-state index in [1.54, 1.807) is 19.1 Å². The molecule has 0 atom stereocenters. The van der Waals surface area contributed by atoms with E-state index in [0.717, 1.165) is 25.9 Å². The highest BCUT2D eigenvalue weighted by atomic mass is 35.5. The fourth-order valence-corrected chi connectivity index (χ4v) is 4.01. The zero-order valence-corrected chi connectivity index (χ0v) is 18.5. The summed E-state index contributed by atoms with van der Waals surface area (Å²) < 4.78 is 28.9. The first-order valence-corrected chi connectivity index (χ1v) is 10.7. The van der Waals surface area contributed by atoms with E-state index in [2.05, 4.69) is 15.2 Å². The third-order valence-corrected chi connectivity index (χ3v) is 5.70. The van der Waals surface area contributed by atoms with Crippen molar-refractivity contribution in [2.24, 2.45) is 11.7 Å². The smallest absolute Gasteiger partial charge is 0.162 e. The summed E-state index contributed by atoms with van der Waals surface area (Å²) in [5.74, 6) is -0.361. The summed E-state index contributed by atoms with van der Waals surface area (Å²) in [4.78, 5) is 6.48. The number of halogens is 3. The standard InChI is InChI=1S/C23H25ClF2N6/c1-14(28)9-20(29)31-21-11-17(12-27)23(26)19(30-21)10-15-5-7-32(8-6-15)13-16-3-2-4-18(24)22(16)25/h2-4,9,11,15,28H,5-8,10,13,29H2,1H3,(H,30,31)/b20-9+,28-14?. The number of rotatable bonds is 7. The van der Waals surface area contributed by atoms with Crippen molar-refractivity contribution in [3.63, 3.8) is 0 Å². The lowest BCUT2D eigenvalue weighted by Crippen LogP contribution is -2.34. The highest BCUT2D eigenvalue weighted by Crippen LogP contribution is 2.26. The summed E-state index contributed by atoms with van der Waals surface area (Å²) in [5.41, 5.74) is 6.74. The molecule has 0 spiro atoms. The number of nitrogens with zero attached hydrogens (tertiary/aromatic N) is 3. The lowest BCUT2D eigenvalue weighted by molar-refractivity contribution is 0.174. The fraction of sp³-hybridized carbons (Fsp3) is 0.348. The van der Waals surface area contributed by atoms with Gasteiger partial charge in [-0.3, -0.25) is 4.90 Å². The Bertz CT molecular complexity index is 1070. The second-order valence-electron chi connectivity index (χ2n) is 7.97. The van der Waals surface area contributed by atoms with Crippen molar-refractivity contribution in [2.75, 3.05) is 18.4 Å². The Hall–Kier alpha value is -3.02. The Morgan fingerprint density at radius 3 is 2.75 bits per heavy atom. The number of nitrogens with two attached hydrogens (primary N) is 1. The van der Waals surface area contributed by atoms with Crippen LogP contribution < -0.4 is 11.1 Å². The van der Waals surface area contributed by atoms with Crippen LogP contribution in [0.25, 0.3) is 0 Å². The number of piperidine rings is 1. The van der Waals surface area contributed by atoms with Gasteiger partial charge in [0.1, 0.15) is 23.5 Å². The predicted octanol–water partition coefficient (Wildman–Crippen LogP) is 4.59. The molecule has 1 aromatic heterocycles. The Kier molecular flexibility index (Phi) is 7.78. The second-order valence-corrected chi connectivity index (χ2v) is 8.38. The van der Waals surface area contributed by atoms with Gasteiger partial charge in [0, 0.05) is 23.9 Å². The first kappa shape index (κ1) is 23.6. The van der Waals surface area contributed by atoms with Gasteiger partial charge >= 0.3 is 0 Å². The van der Waals surface area contributed by atoms with E-state index in [1.807, 2.05) is 6.07 Å². The normalized spacial score (nSPS) is 15.4. The van der Waals surface area contributed by atoms with Crippen molar-refractivity contribution in [3.05, 3.63) is 69.6 Å². The van der Waals surface area contributed by atoms with Crippen molar-refractivity contribution in [1.29, 1.82) is 10.7 Å². The van der Waals surface area contributed by atoms with E-state index in [1.165, 1.54) is 18.2 Å². The summed E-state index contributed by atoms with van der Waals surface area (Å²) >= 11 is 5.87. The summed E-state index contributed by atoms with van der Waals surface area (Å²) in [6.07, 6.45) is 3.41. The van der Waals surface area contributed by atoms with Crippen LogP contribution in [0.1, 0.15) is 36.6 Å². The Morgan fingerprint density at radius 1 is 1.38 bits per heavy atom. The third kappa shape index (κ3) is 6.02. The molecule has 0 saturated carbocycles. The Balaban J connectivity index is 1.66. The van der Waals surface area contributed by atoms with Crippen LogP contribution in [0, 0.1) is 34.3 Å². The fourth-order valence-electron chi connectivity index (χ4n) is 3.81. The maximum atomic E-state index is 14.7. The van der Waals surface area contributed by atoms with E-state index >= 15 is 0 Å². The number of nitriles is 1. The molecule has 2 heterocycles. The van der Waals surface area contributed by atoms with Crippen molar-refractivity contribution in [2.45, 2.75) is 32.7 Å². The number of anilines is 1. The summed E-state index contributed by atoms with van der Waals surface area (Å²) in [6.45, 7) is 3.54. The van der Waals surface area contributed by atoms with Crippen LogP contribution in [0.5, 0.6) is 0 Å². The number of allylic oxidation sites excluding steroid dienone is 1. The molecular weight excluding hydrogens is 434 g/mol. The molecular formula is C23H25ClF2N6. The topological polar surface area (TPSA) is 102 Å². The highest BCUT2D eigenvalue weighted by Gasteiger charge is 2.23. The number of nitrogens with one attached hydrogen (secondary N) is 2. The minimum absolute atomic E-state index is 0.106. The van der Waals surface area contributed by atoms with Gasteiger partial charge in [-0.05, 0) is 57.3 Å². The van der Waals surface area contributed by atoms with Gasteiger partial charge in [0.25, 0.3) is 0 Å². The molecule has 0 aliphatic carbocycles. The van der Waals surface area contributed by atoms with Crippen LogP contribution in [0.3, 0.4) is 0 Å². The zero-order chi connectivity index (χ0) is 23.3. The minimum Gasteiger partial charge on any atom is -0.385 e. The van der Waals surface area contributed by atoms with E-state index in [-0.39, 0.29) is 45.4 Å². The van der Waals surface area contributed by atoms with Crippen LogP contribution in [0.4, 0.5) is 14.6 Å². The van der Waals surface area contributed by atoms with Gasteiger partial charge in [0.05, 0.1) is 16.3 Å². The van der Waals surface area contributed by atoms with Crippen LogP contribution in [0.2, 0.25) is 5.02 Å². The van der Waals surface area contributed by atoms with Gasteiger partial charge in [-0.25, -0.2) is 13.8 Å². The summed E-state index contributed by atoms with van der Waals surface area (Å²) in [5, 5.41) is 19.7. The molecule has 0 radical (unpaired) electrons. The molecule has 2 aromatic rings. The molecule has 1 aliphatic rings. The first-order chi connectivity index (χ1) is 15.3.